The van der Waals surface area contributed by atoms with E-state index in [2.05, 4.69) is 35.6 Å². The molecule has 4 nitrogen and oxygen atoms in total. The third kappa shape index (κ3) is 4.23. The van der Waals surface area contributed by atoms with Gasteiger partial charge >= 0.3 is 0 Å². The third-order valence-electron chi connectivity index (χ3n) is 5.27. The van der Waals surface area contributed by atoms with E-state index in [4.69, 9.17) is 29.2 Å². The van der Waals surface area contributed by atoms with Crippen LogP contribution in [0, 0.1) is 0 Å². The number of hydrogen-bond donors (Lipinski definition) is 3. The first kappa shape index (κ1) is 22.3. The quantitative estimate of drug-likeness (QED) is 0.342. The van der Waals surface area contributed by atoms with Crippen molar-refractivity contribution in [1.82, 2.24) is 9.55 Å². The fraction of sp³-hybridized carbons (Fsp3) is 0.292. The summed E-state index contributed by atoms with van der Waals surface area (Å²) >= 11 is 11.5. The summed E-state index contributed by atoms with van der Waals surface area (Å²) in [6.45, 7) is 8.56. The molecule has 0 radical (unpaired) electrons. The van der Waals surface area contributed by atoms with Gasteiger partial charge in [0.1, 0.15) is 0 Å². The van der Waals surface area contributed by atoms with Gasteiger partial charge in [0.05, 0.1) is 22.1 Å². The Labute approximate surface area is 189 Å². The van der Waals surface area contributed by atoms with E-state index >= 15 is 0 Å². The average Bonchev–Trinajstić information content (AvgIpc) is 3.06. The smallest absolute Gasteiger partial charge is 0.156 e. The number of nitrogens with zero attached hydrogens (tertiary/aromatic N) is 2. The zero-order valence-corrected chi connectivity index (χ0v) is 19.7. The Balaban J connectivity index is 1.96. The Bertz CT molecular complexity index is 1070. The molecule has 2 N–H and O–H groups in total. The third-order valence-corrected chi connectivity index (χ3v) is 6.16. The van der Waals surface area contributed by atoms with Crippen LogP contribution in [0.4, 0.5) is 11.4 Å². The first-order valence-corrected chi connectivity index (χ1v) is 11.0. The fourth-order valence-electron chi connectivity index (χ4n) is 3.71. The van der Waals surface area contributed by atoms with Gasteiger partial charge in [-0.25, -0.2) is 4.98 Å². The lowest BCUT2D eigenvalue weighted by molar-refractivity contribution is 0.768. The molecule has 3 aromatic rings. The number of anilines is 2. The number of halogens is 1. The summed E-state index contributed by atoms with van der Waals surface area (Å²) in [5, 5.41) is 7.17. The van der Waals surface area contributed by atoms with Gasteiger partial charge in [0.15, 0.2) is 5.82 Å². The molecule has 158 valence electrons. The number of aromatic nitrogens is 2. The van der Waals surface area contributed by atoms with Crippen molar-refractivity contribution in [3.63, 3.8) is 0 Å². The topological polar surface area (TPSA) is 41.9 Å². The maximum atomic E-state index is 6.81. The molecule has 1 heterocycles. The van der Waals surface area contributed by atoms with Gasteiger partial charge in [-0.3, -0.25) is 0 Å². The molecule has 6 heteroatoms. The molecule has 0 saturated carbocycles. The van der Waals surface area contributed by atoms with Gasteiger partial charge in [-0.15, -0.1) is 12.6 Å². The number of imidazole rings is 1. The number of nitrogens with one attached hydrogen (secondary N) is 2. The van der Waals surface area contributed by atoms with Crippen molar-refractivity contribution in [2.45, 2.75) is 38.0 Å². The molecule has 0 amide bonds. The Hall–Kier alpha value is -2.37. The van der Waals surface area contributed by atoms with E-state index in [1.165, 1.54) is 5.69 Å². The predicted octanol–water partition coefficient (Wildman–Crippen LogP) is 6.67. The molecule has 0 bridgehead atoms. The first-order valence-electron chi connectivity index (χ1n) is 10.2. The van der Waals surface area contributed by atoms with Crippen LogP contribution in [0.2, 0.25) is 5.02 Å². The van der Waals surface area contributed by atoms with E-state index < -0.39 is 0 Å². The Morgan fingerprint density at radius 1 is 1.13 bits per heavy atom. The van der Waals surface area contributed by atoms with Crippen molar-refractivity contribution in [3.05, 3.63) is 65.2 Å². The highest BCUT2D eigenvalue weighted by Gasteiger charge is 2.17. The SMILES string of the molecule is C=C(Nc1cccc(-c2cccc(NC)c2S)c1Cl)c1nc(CC)c(CCC)n1C. The second-order valence-electron chi connectivity index (χ2n) is 7.21. The van der Waals surface area contributed by atoms with Crippen molar-refractivity contribution in [3.8, 4) is 11.1 Å². The van der Waals surface area contributed by atoms with Gasteiger partial charge in [0.25, 0.3) is 0 Å². The van der Waals surface area contributed by atoms with Crippen molar-refractivity contribution in [1.29, 1.82) is 0 Å². The van der Waals surface area contributed by atoms with Crippen LogP contribution < -0.4 is 10.6 Å². The molecule has 30 heavy (non-hydrogen) atoms. The molecule has 0 atom stereocenters. The Morgan fingerprint density at radius 2 is 1.80 bits per heavy atom. The van der Waals surface area contributed by atoms with E-state index in [-0.39, 0.29) is 0 Å². The van der Waals surface area contributed by atoms with Crippen LogP contribution in [0.15, 0.2) is 47.9 Å². The van der Waals surface area contributed by atoms with Crippen LogP contribution in [-0.4, -0.2) is 16.6 Å². The summed E-state index contributed by atoms with van der Waals surface area (Å²) in [4.78, 5) is 5.69. The van der Waals surface area contributed by atoms with Gasteiger partial charge < -0.3 is 15.2 Å². The molecule has 0 aliphatic carbocycles. The van der Waals surface area contributed by atoms with Gasteiger partial charge in [0.2, 0.25) is 0 Å². The Kier molecular flexibility index (Phi) is 7.16. The molecule has 0 spiro atoms. The highest BCUT2D eigenvalue weighted by atomic mass is 35.5. The molecule has 3 rings (SSSR count). The van der Waals surface area contributed by atoms with Crippen LogP contribution in [0.1, 0.15) is 37.5 Å². The van der Waals surface area contributed by atoms with Crippen LogP contribution in [0.25, 0.3) is 16.8 Å². The molecular formula is C24H29ClN4S. The lowest BCUT2D eigenvalue weighted by atomic mass is 10.0. The van der Waals surface area contributed by atoms with E-state index in [1.54, 1.807) is 0 Å². The molecular weight excluding hydrogens is 412 g/mol. The molecule has 0 aliphatic rings. The monoisotopic (exact) mass is 440 g/mol. The number of benzene rings is 2. The highest BCUT2D eigenvalue weighted by molar-refractivity contribution is 7.80. The maximum absolute atomic E-state index is 6.81. The zero-order valence-electron chi connectivity index (χ0n) is 18.0. The summed E-state index contributed by atoms with van der Waals surface area (Å²) in [6.07, 6.45) is 2.99. The van der Waals surface area contributed by atoms with Crippen LogP contribution in [-0.2, 0) is 19.9 Å². The van der Waals surface area contributed by atoms with Gasteiger partial charge in [-0.05, 0) is 30.5 Å². The Morgan fingerprint density at radius 3 is 2.43 bits per heavy atom. The highest BCUT2D eigenvalue weighted by Crippen LogP contribution is 2.39. The minimum Gasteiger partial charge on any atom is -0.387 e. The van der Waals surface area contributed by atoms with Crippen LogP contribution >= 0.6 is 24.2 Å². The van der Waals surface area contributed by atoms with Gasteiger partial charge in [-0.1, -0.05) is 62.7 Å². The number of rotatable bonds is 8. The van der Waals surface area contributed by atoms with Gasteiger partial charge in [-0.2, -0.15) is 0 Å². The lowest BCUT2D eigenvalue weighted by Gasteiger charge is -2.16. The standard InChI is InChI=1S/C24H29ClN4S/c1-6-10-21-18(7-2)28-24(29(21)5)15(3)27-19-13-8-11-16(22(19)25)17-12-9-14-20(26-4)23(17)30/h8-9,11-14,26-27,30H,3,6-7,10H2,1-2,4-5H3. The number of aryl methyl sites for hydroxylation is 1. The summed E-state index contributed by atoms with van der Waals surface area (Å²) in [5.41, 5.74) is 6.75. The summed E-state index contributed by atoms with van der Waals surface area (Å²) < 4.78 is 2.14. The van der Waals surface area contributed by atoms with Crippen LogP contribution in [0.5, 0.6) is 0 Å². The van der Waals surface area contributed by atoms with Crippen molar-refractivity contribution in [2.24, 2.45) is 7.05 Å². The minimum atomic E-state index is 0.626. The second kappa shape index (κ2) is 9.63. The lowest BCUT2D eigenvalue weighted by Crippen LogP contribution is -2.07. The van der Waals surface area contributed by atoms with Crippen molar-refractivity contribution < 1.29 is 0 Å². The normalized spacial score (nSPS) is 10.9. The van der Waals surface area contributed by atoms with E-state index in [0.717, 1.165) is 63.9 Å². The fourth-order valence-corrected chi connectivity index (χ4v) is 4.36. The molecule has 1 aromatic heterocycles. The van der Waals surface area contributed by atoms with Gasteiger partial charge in [0, 0.05) is 35.9 Å². The van der Waals surface area contributed by atoms with E-state index in [0.29, 0.717) is 5.02 Å². The molecule has 0 saturated heterocycles. The average molecular weight is 441 g/mol. The summed E-state index contributed by atoms with van der Waals surface area (Å²) in [7, 11) is 3.93. The molecule has 0 aliphatic heterocycles. The maximum Gasteiger partial charge on any atom is 0.156 e. The number of hydrogen-bond acceptors (Lipinski definition) is 4. The minimum absolute atomic E-state index is 0.626. The second-order valence-corrected chi connectivity index (χ2v) is 8.04. The van der Waals surface area contributed by atoms with E-state index in [1.807, 2.05) is 50.5 Å². The molecule has 2 aromatic carbocycles. The van der Waals surface area contributed by atoms with E-state index in [9.17, 15) is 0 Å². The molecule has 0 unspecified atom stereocenters. The summed E-state index contributed by atoms with van der Waals surface area (Å²) in [6, 6.07) is 11.9. The van der Waals surface area contributed by atoms with Crippen LogP contribution in [0.3, 0.4) is 0 Å². The molecule has 0 fully saturated rings. The van der Waals surface area contributed by atoms with Crippen molar-refractivity contribution in [2.75, 3.05) is 17.7 Å². The first-order chi connectivity index (χ1) is 14.4. The zero-order chi connectivity index (χ0) is 21.8. The predicted molar refractivity (Wildman–Crippen MR) is 133 cm³/mol. The number of thiol groups is 1. The van der Waals surface area contributed by atoms with Crippen molar-refractivity contribution >= 4 is 41.3 Å². The largest absolute Gasteiger partial charge is 0.387 e. The summed E-state index contributed by atoms with van der Waals surface area (Å²) in [5.74, 6) is 0.837.